The van der Waals surface area contributed by atoms with E-state index < -0.39 is 36.2 Å². The maximum absolute atomic E-state index is 12.6. The summed E-state index contributed by atoms with van der Waals surface area (Å²) >= 11 is 11.9. The summed E-state index contributed by atoms with van der Waals surface area (Å²) in [5, 5.41) is 24.6. The van der Waals surface area contributed by atoms with Gasteiger partial charge in [0, 0.05) is 16.5 Å². The summed E-state index contributed by atoms with van der Waals surface area (Å²) in [5.41, 5.74) is 1.20. The molecule has 0 radical (unpaired) electrons. The van der Waals surface area contributed by atoms with Gasteiger partial charge < -0.3 is 25.6 Å². The standard InChI is InChI=1S/C21H22Cl2N2O6/c1-12(26)18(25-21(30)31-11-13-5-3-2-4-6-13)19(27)24-17(20(28)29)9-14-7-8-15(22)10-16(14)23/h2-8,10,12,17-18,26H,9,11H2,1H3,(H,24,27)(H,25,30)(H,28,29)/t12-,17+,18+/m1/s1. The summed E-state index contributed by atoms with van der Waals surface area (Å²) in [6.07, 6.45) is -2.36. The van der Waals surface area contributed by atoms with E-state index in [1.165, 1.54) is 13.0 Å². The Kier molecular flexibility index (Phi) is 9.11. The average molecular weight is 469 g/mol. The van der Waals surface area contributed by atoms with E-state index in [9.17, 15) is 24.6 Å². The number of aliphatic hydroxyl groups is 1. The van der Waals surface area contributed by atoms with Crippen LogP contribution in [0.15, 0.2) is 48.5 Å². The van der Waals surface area contributed by atoms with Crippen LogP contribution in [0.2, 0.25) is 10.0 Å². The molecule has 0 aromatic heterocycles. The second kappa shape index (κ2) is 11.5. The Labute approximate surface area is 189 Å². The summed E-state index contributed by atoms with van der Waals surface area (Å²) in [5.74, 6) is -2.19. The van der Waals surface area contributed by atoms with E-state index in [0.29, 0.717) is 10.6 Å². The van der Waals surface area contributed by atoms with Gasteiger partial charge in [-0.2, -0.15) is 0 Å². The van der Waals surface area contributed by atoms with E-state index >= 15 is 0 Å². The minimum atomic E-state index is -1.43. The van der Waals surface area contributed by atoms with Crippen LogP contribution in [0.5, 0.6) is 0 Å². The highest BCUT2D eigenvalue weighted by molar-refractivity contribution is 6.35. The van der Waals surface area contributed by atoms with Crippen molar-refractivity contribution in [2.75, 3.05) is 0 Å². The van der Waals surface area contributed by atoms with E-state index in [1.54, 1.807) is 36.4 Å². The number of aliphatic hydroxyl groups excluding tert-OH is 1. The van der Waals surface area contributed by atoms with Gasteiger partial charge in [-0.15, -0.1) is 0 Å². The molecule has 31 heavy (non-hydrogen) atoms. The lowest BCUT2D eigenvalue weighted by molar-refractivity contribution is -0.142. The van der Waals surface area contributed by atoms with Crippen molar-refractivity contribution < 1.29 is 29.3 Å². The molecule has 2 aromatic rings. The summed E-state index contributed by atoms with van der Waals surface area (Å²) in [7, 11) is 0. The molecule has 0 bridgehead atoms. The Morgan fingerprint density at radius 1 is 1.06 bits per heavy atom. The highest BCUT2D eigenvalue weighted by Gasteiger charge is 2.30. The molecule has 2 rings (SSSR count). The molecule has 0 heterocycles. The Morgan fingerprint density at radius 2 is 1.74 bits per heavy atom. The molecule has 2 amide bonds. The molecule has 0 unspecified atom stereocenters. The van der Waals surface area contributed by atoms with Crippen molar-refractivity contribution in [3.63, 3.8) is 0 Å². The van der Waals surface area contributed by atoms with Gasteiger partial charge in [0.2, 0.25) is 5.91 Å². The predicted molar refractivity (Wildman–Crippen MR) is 115 cm³/mol. The SMILES string of the molecule is C[C@@H](O)[C@H](NC(=O)OCc1ccccc1)C(=O)N[C@@H](Cc1ccc(Cl)cc1Cl)C(=O)O. The molecule has 0 aliphatic carbocycles. The van der Waals surface area contributed by atoms with Gasteiger partial charge in [-0.1, -0.05) is 59.6 Å². The molecule has 0 saturated carbocycles. The van der Waals surface area contributed by atoms with Crippen LogP contribution in [-0.4, -0.2) is 46.4 Å². The topological polar surface area (TPSA) is 125 Å². The molecule has 166 valence electrons. The zero-order chi connectivity index (χ0) is 23.0. The van der Waals surface area contributed by atoms with Crippen molar-refractivity contribution in [1.82, 2.24) is 10.6 Å². The fourth-order valence-corrected chi connectivity index (χ4v) is 3.15. The van der Waals surface area contributed by atoms with Gasteiger partial charge in [0.1, 0.15) is 18.7 Å². The number of nitrogens with one attached hydrogen (secondary N) is 2. The van der Waals surface area contributed by atoms with E-state index in [0.717, 1.165) is 5.56 Å². The number of amides is 2. The zero-order valence-corrected chi connectivity index (χ0v) is 18.1. The van der Waals surface area contributed by atoms with Gasteiger partial charge in [-0.3, -0.25) is 4.79 Å². The van der Waals surface area contributed by atoms with Crippen LogP contribution < -0.4 is 10.6 Å². The van der Waals surface area contributed by atoms with Crippen LogP contribution in [0.4, 0.5) is 4.79 Å². The van der Waals surface area contributed by atoms with Gasteiger partial charge >= 0.3 is 12.1 Å². The summed E-state index contributed by atoms with van der Waals surface area (Å²) < 4.78 is 5.05. The van der Waals surface area contributed by atoms with Crippen molar-refractivity contribution in [2.45, 2.75) is 38.1 Å². The number of carbonyl (C=O) groups is 3. The molecule has 4 N–H and O–H groups in total. The molecule has 0 aliphatic rings. The fourth-order valence-electron chi connectivity index (χ4n) is 2.67. The van der Waals surface area contributed by atoms with Crippen LogP contribution in [0.1, 0.15) is 18.1 Å². The van der Waals surface area contributed by atoms with Crippen LogP contribution in [0.25, 0.3) is 0 Å². The molecule has 0 fully saturated rings. The number of alkyl carbamates (subject to hydrolysis) is 1. The highest BCUT2D eigenvalue weighted by atomic mass is 35.5. The molecule has 0 spiro atoms. The Balaban J connectivity index is 2.01. The van der Waals surface area contributed by atoms with Gasteiger partial charge in [0.15, 0.2) is 0 Å². The summed E-state index contributed by atoms with van der Waals surface area (Å²) in [4.78, 5) is 36.3. The Morgan fingerprint density at radius 3 is 2.32 bits per heavy atom. The lowest BCUT2D eigenvalue weighted by Gasteiger charge is -2.23. The Bertz CT molecular complexity index is 923. The summed E-state index contributed by atoms with van der Waals surface area (Å²) in [6, 6.07) is 10.7. The van der Waals surface area contributed by atoms with Crippen LogP contribution in [0, 0.1) is 0 Å². The molecule has 10 heteroatoms. The van der Waals surface area contributed by atoms with Crippen molar-refractivity contribution in [2.24, 2.45) is 0 Å². The fraction of sp³-hybridized carbons (Fsp3) is 0.286. The van der Waals surface area contributed by atoms with Gasteiger partial charge in [-0.05, 0) is 30.2 Å². The minimum Gasteiger partial charge on any atom is -0.480 e. The molecule has 2 aromatic carbocycles. The first kappa shape index (κ1) is 24.5. The quantitative estimate of drug-likeness (QED) is 0.448. The van der Waals surface area contributed by atoms with Crippen LogP contribution in [-0.2, 0) is 27.4 Å². The number of ether oxygens (including phenoxy) is 1. The number of halogens is 2. The lowest BCUT2D eigenvalue weighted by atomic mass is 10.0. The number of carboxylic acids is 1. The van der Waals surface area contributed by atoms with E-state index in [2.05, 4.69) is 10.6 Å². The third kappa shape index (κ3) is 7.75. The van der Waals surface area contributed by atoms with E-state index in [1.807, 2.05) is 6.07 Å². The summed E-state index contributed by atoms with van der Waals surface area (Å²) in [6.45, 7) is 1.25. The average Bonchev–Trinajstić information content (AvgIpc) is 2.72. The number of hydrogen-bond donors (Lipinski definition) is 4. The van der Waals surface area contributed by atoms with Crippen molar-refractivity contribution in [3.8, 4) is 0 Å². The third-order valence-corrected chi connectivity index (χ3v) is 4.89. The molecule has 8 nitrogen and oxygen atoms in total. The first-order valence-corrected chi connectivity index (χ1v) is 10.1. The number of carbonyl (C=O) groups excluding carboxylic acids is 2. The van der Waals surface area contributed by atoms with Crippen LogP contribution >= 0.6 is 23.2 Å². The van der Waals surface area contributed by atoms with Crippen LogP contribution in [0.3, 0.4) is 0 Å². The van der Waals surface area contributed by atoms with Gasteiger partial charge in [-0.25, -0.2) is 9.59 Å². The van der Waals surface area contributed by atoms with Crippen molar-refractivity contribution >= 4 is 41.2 Å². The monoisotopic (exact) mass is 468 g/mol. The van der Waals surface area contributed by atoms with E-state index in [-0.39, 0.29) is 18.1 Å². The molecular weight excluding hydrogens is 447 g/mol. The first-order valence-electron chi connectivity index (χ1n) is 9.29. The number of rotatable bonds is 9. The second-order valence-corrected chi connectivity index (χ2v) is 7.61. The number of hydrogen-bond acceptors (Lipinski definition) is 5. The largest absolute Gasteiger partial charge is 0.480 e. The zero-order valence-electron chi connectivity index (χ0n) is 16.5. The maximum Gasteiger partial charge on any atom is 0.408 e. The normalized spacial score (nSPS) is 13.5. The van der Waals surface area contributed by atoms with E-state index in [4.69, 9.17) is 27.9 Å². The number of carboxylic acid groups (broad SMARTS) is 1. The Hall–Kier alpha value is -2.81. The first-order chi connectivity index (χ1) is 14.7. The molecule has 3 atom stereocenters. The second-order valence-electron chi connectivity index (χ2n) is 6.76. The number of aliphatic carboxylic acids is 1. The predicted octanol–water partition coefficient (Wildman–Crippen LogP) is 2.78. The lowest BCUT2D eigenvalue weighted by Crippen LogP contribution is -2.56. The van der Waals surface area contributed by atoms with Crippen molar-refractivity contribution in [3.05, 3.63) is 69.7 Å². The third-order valence-electron chi connectivity index (χ3n) is 4.30. The minimum absolute atomic E-state index is 0.0341. The highest BCUT2D eigenvalue weighted by Crippen LogP contribution is 2.22. The smallest absolute Gasteiger partial charge is 0.408 e. The molecule has 0 saturated heterocycles. The van der Waals surface area contributed by atoms with Crippen molar-refractivity contribution in [1.29, 1.82) is 0 Å². The molecule has 0 aliphatic heterocycles. The molecular formula is C21H22Cl2N2O6. The maximum atomic E-state index is 12.6. The van der Waals surface area contributed by atoms with Gasteiger partial charge in [0.25, 0.3) is 0 Å². The number of benzene rings is 2. The van der Waals surface area contributed by atoms with Gasteiger partial charge in [0.05, 0.1) is 6.10 Å².